The molecule has 1 heterocycles. The van der Waals surface area contributed by atoms with Crippen molar-refractivity contribution in [3.63, 3.8) is 0 Å². The number of benzene rings is 2. The highest BCUT2D eigenvalue weighted by Gasteiger charge is 2.13. The minimum Gasteiger partial charge on any atom is -0.383 e. The molecule has 0 saturated heterocycles. The van der Waals surface area contributed by atoms with Gasteiger partial charge in [0.2, 0.25) is 5.91 Å². The van der Waals surface area contributed by atoms with E-state index in [4.69, 9.17) is 4.74 Å². The van der Waals surface area contributed by atoms with Crippen LogP contribution in [0.1, 0.15) is 25.3 Å². The molecule has 3 rings (SSSR count). The number of carbonyl (C=O) groups is 1. The van der Waals surface area contributed by atoms with Crippen LogP contribution >= 0.6 is 11.8 Å². The van der Waals surface area contributed by atoms with Gasteiger partial charge < -0.3 is 14.6 Å². The van der Waals surface area contributed by atoms with Crippen molar-refractivity contribution in [1.29, 1.82) is 0 Å². The molecule has 0 bridgehead atoms. The van der Waals surface area contributed by atoms with Gasteiger partial charge in [-0.2, -0.15) is 0 Å². The molecular weight excluding hydrogens is 358 g/mol. The van der Waals surface area contributed by atoms with E-state index in [1.165, 1.54) is 17.3 Å². The van der Waals surface area contributed by atoms with Crippen LogP contribution in [0.3, 0.4) is 0 Å². The van der Waals surface area contributed by atoms with E-state index in [1.54, 1.807) is 7.11 Å². The molecule has 1 amide bonds. The summed E-state index contributed by atoms with van der Waals surface area (Å²) in [6, 6.07) is 16.0. The molecule has 0 unspecified atom stereocenters. The Balaban J connectivity index is 1.66. The Morgan fingerprint density at radius 1 is 1.19 bits per heavy atom. The number of nitrogens with zero attached hydrogens (tertiary/aromatic N) is 2. The van der Waals surface area contributed by atoms with Crippen molar-refractivity contribution in [2.75, 3.05) is 24.8 Å². The van der Waals surface area contributed by atoms with Crippen molar-refractivity contribution in [2.24, 2.45) is 0 Å². The molecule has 0 aliphatic carbocycles. The average Bonchev–Trinajstić information content (AvgIpc) is 3.02. The molecule has 142 valence electrons. The van der Waals surface area contributed by atoms with Gasteiger partial charge in [-0.3, -0.25) is 4.79 Å². The Bertz CT molecular complexity index is 903. The fraction of sp³-hybridized carbons (Fsp3) is 0.333. The summed E-state index contributed by atoms with van der Waals surface area (Å²) in [5, 5.41) is 3.79. The molecule has 2 aromatic carbocycles. The van der Waals surface area contributed by atoms with Crippen LogP contribution in [0.5, 0.6) is 0 Å². The molecule has 0 spiro atoms. The van der Waals surface area contributed by atoms with Gasteiger partial charge in [0.05, 0.1) is 23.4 Å². The highest BCUT2D eigenvalue weighted by molar-refractivity contribution is 7.99. The standard InChI is InChI=1S/C21H25N3O2S/c1-15(2)16-8-10-17(11-9-16)22-20(25)14-27-21-23-18-6-4-5-7-19(18)24(21)12-13-26-3/h4-11,15H,12-14H2,1-3H3,(H,22,25). The van der Waals surface area contributed by atoms with Crippen LogP contribution in [0.15, 0.2) is 53.7 Å². The highest BCUT2D eigenvalue weighted by Crippen LogP contribution is 2.24. The van der Waals surface area contributed by atoms with Gasteiger partial charge in [0.1, 0.15) is 0 Å². The van der Waals surface area contributed by atoms with E-state index in [9.17, 15) is 4.79 Å². The number of carbonyl (C=O) groups excluding carboxylic acids is 1. The van der Waals surface area contributed by atoms with Gasteiger partial charge in [0, 0.05) is 19.3 Å². The summed E-state index contributed by atoms with van der Waals surface area (Å²) in [6.45, 7) is 5.61. The predicted octanol–water partition coefficient (Wildman–Crippen LogP) is 4.54. The molecule has 5 nitrogen and oxygen atoms in total. The zero-order valence-corrected chi connectivity index (χ0v) is 16.8. The normalized spacial score (nSPS) is 11.3. The number of imidazole rings is 1. The SMILES string of the molecule is COCCn1c(SCC(=O)Nc2ccc(C(C)C)cc2)nc2ccccc21. The molecule has 3 aromatic rings. The largest absolute Gasteiger partial charge is 0.383 e. The van der Waals surface area contributed by atoms with Crippen LogP contribution in [-0.2, 0) is 16.1 Å². The second-order valence-corrected chi connectivity index (χ2v) is 7.58. The third-order valence-electron chi connectivity index (χ3n) is 4.33. The van der Waals surface area contributed by atoms with E-state index in [-0.39, 0.29) is 5.91 Å². The molecule has 0 fully saturated rings. The van der Waals surface area contributed by atoms with Crippen molar-refractivity contribution < 1.29 is 9.53 Å². The van der Waals surface area contributed by atoms with Crippen molar-refractivity contribution in [2.45, 2.75) is 31.5 Å². The van der Waals surface area contributed by atoms with E-state index in [1.807, 2.05) is 36.4 Å². The highest BCUT2D eigenvalue weighted by atomic mass is 32.2. The smallest absolute Gasteiger partial charge is 0.234 e. The lowest BCUT2D eigenvalue weighted by Crippen LogP contribution is -2.15. The summed E-state index contributed by atoms with van der Waals surface area (Å²) >= 11 is 1.44. The van der Waals surface area contributed by atoms with E-state index in [0.717, 1.165) is 21.9 Å². The van der Waals surface area contributed by atoms with Crippen LogP contribution in [0.4, 0.5) is 5.69 Å². The maximum Gasteiger partial charge on any atom is 0.234 e. The molecule has 0 radical (unpaired) electrons. The summed E-state index contributed by atoms with van der Waals surface area (Å²) < 4.78 is 7.32. The minimum atomic E-state index is -0.0392. The fourth-order valence-corrected chi connectivity index (χ4v) is 3.68. The average molecular weight is 384 g/mol. The lowest BCUT2D eigenvalue weighted by molar-refractivity contribution is -0.113. The van der Waals surface area contributed by atoms with Crippen LogP contribution in [-0.4, -0.2) is 34.9 Å². The molecular formula is C21H25N3O2S. The number of rotatable bonds is 8. The van der Waals surface area contributed by atoms with Gasteiger partial charge in [0.15, 0.2) is 5.16 Å². The molecule has 0 saturated carbocycles. The second-order valence-electron chi connectivity index (χ2n) is 6.64. The summed E-state index contributed by atoms with van der Waals surface area (Å²) in [6.07, 6.45) is 0. The zero-order valence-electron chi connectivity index (χ0n) is 15.9. The van der Waals surface area contributed by atoms with Gasteiger partial charge >= 0.3 is 0 Å². The number of anilines is 1. The molecule has 6 heteroatoms. The van der Waals surface area contributed by atoms with Crippen LogP contribution in [0.25, 0.3) is 11.0 Å². The Hall–Kier alpha value is -2.31. The molecule has 27 heavy (non-hydrogen) atoms. The van der Waals surface area contributed by atoms with E-state index in [2.05, 4.69) is 40.8 Å². The molecule has 0 aliphatic heterocycles. The first-order chi connectivity index (χ1) is 13.1. The summed E-state index contributed by atoms with van der Waals surface area (Å²) in [4.78, 5) is 17.0. The number of amides is 1. The number of nitrogens with one attached hydrogen (secondary N) is 1. The third kappa shape index (κ3) is 4.90. The number of aromatic nitrogens is 2. The zero-order chi connectivity index (χ0) is 19.2. The number of hydrogen-bond donors (Lipinski definition) is 1. The first-order valence-electron chi connectivity index (χ1n) is 9.05. The summed E-state index contributed by atoms with van der Waals surface area (Å²) in [5.74, 6) is 0.746. The van der Waals surface area contributed by atoms with Gasteiger partial charge in [0.25, 0.3) is 0 Å². The van der Waals surface area contributed by atoms with E-state index in [0.29, 0.717) is 24.8 Å². The maximum atomic E-state index is 12.4. The number of fused-ring (bicyclic) bond motifs is 1. The lowest BCUT2D eigenvalue weighted by atomic mass is 10.0. The monoisotopic (exact) mass is 383 g/mol. The van der Waals surface area contributed by atoms with Gasteiger partial charge in [-0.15, -0.1) is 0 Å². The van der Waals surface area contributed by atoms with Crippen molar-refractivity contribution in [1.82, 2.24) is 9.55 Å². The van der Waals surface area contributed by atoms with Crippen molar-refractivity contribution >= 4 is 34.4 Å². The first kappa shape index (κ1) is 19.5. The number of thioether (sulfide) groups is 1. The molecule has 1 aromatic heterocycles. The third-order valence-corrected chi connectivity index (χ3v) is 5.31. The number of ether oxygens (including phenoxy) is 1. The van der Waals surface area contributed by atoms with Gasteiger partial charge in [-0.05, 0) is 35.7 Å². The molecule has 0 aliphatic rings. The number of hydrogen-bond acceptors (Lipinski definition) is 4. The Labute approximate surface area is 164 Å². The Morgan fingerprint density at radius 2 is 1.93 bits per heavy atom. The molecule has 0 atom stereocenters. The van der Waals surface area contributed by atoms with E-state index < -0.39 is 0 Å². The van der Waals surface area contributed by atoms with Gasteiger partial charge in [-0.1, -0.05) is 49.9 Å². The summed E-state index contributed by atoms with van der Waals surface area (Å²) in [7, 11) is 1.68. The lowest BCUT2D eigenvalue weighted by Gasteiger charge is -2.09. The number of methoxy groups -OCH3 is 1. The Kier molecular flexibility index (Phi) is 6.53. The van der Waals surface area contributed by atoms with Gasteiger partial charge in [-0.25, -0.2) is 4.98 Å². The van der Waals surface area contributed by atoms with Crippen molar-refractivity contribution in [3.8, 4) is 0 Å². The van der Waals surface area contributed by atoms with E-state index >= 15 is 0 Å². The predicted molar refractivity (Wildman–Crippen MR) is 111 cm³/mol. The van der Waals surface area contributed by atoms with Crippen LogP contribution in [0.2, 0.25) is 0 Å². The number of para-hydroxylation sites is 2. The maximum absolute atomic E-state index is 12.4. The summed E-state index contributed by atoms with van der Waals surface area (Å²) in [5.41, 5.74) is 4.06. The van der Waals surface area contributed by atoms with Crippen molar-refractivity contribution in [3.05, 3.63) is 54.1 Å². The fourth-order valence-electron chi connectivity index (χ4n) is 2.84. The Morgan fingerprint density at radius 3 is 2.63 bits per heavy atom. The van der Waals surface area contributed by atoms with Crippen LogP contribution < -0.4 is 5.32 Å². The topological polar surface area (TPSA) is 56.1 Å². The first-order valence-corrected chi connectivity index (χ1v) is 10.0. The molecule has 1 N–H and O–H groups in total. The van der Waals surface area contributed by atoms with Crippen LogP contribution in [0, 0.1) is 0 Å². The quantitative estimate of drug-likeness (QED) is 0.580. The minimum absolute atomic E-state index is 0.0392. The second kappa shape index (κ2) is 9.06.